The standard InChI is InChI=1S/C23H30N4O3/c1-16(2)12-13-26(19(28)14-17-8-6-7-9-17)20-21(24)27(23(30)25-22(20)29)15-18-10-4-3-5-11-18/h3-6,8,10-11,16-17H,7,9,12-15,24H2,1-2H3,(H,25,29,30). The van der Waals surface area contributed by atoms with Crippen LogP contribution >= 0.6 is 0 Å². The van der Waals surface area contributed by atoms with Gasteiger partial charge in [-0.2, -0.15) is 0 Å². The molecule has 3 rings (SSSR count). The van der Waals surface area contributed by atoms with Crippen LogP contribution in [-0.2, 0) is 11.3 Å². The third-order valence-electron chi connectivity index (χ3n) is 5.45. The van der Waals surface area contributed by atoms with Gasteiger partial charge in [0, 0.05) is 13.0 Å². The summed E-state index contributed by atoms with van der Waals surface area (Å²) in [6.07, 6.45) is 7.09. The molecule has 0 spiro atoms. The zero-order chi connectivity index (χ0) is 21.7. The van der Waals surface area contributed by atoms with Crippen LogP contribution in [0.2, 0.25) is 0 Å². The maximum atomic E-state index is 13.2. The molecule has 0 aliphatic heterocycles. The van der Waals surface area contributed by atoms with Gasteiger partial charge in [-0.25, -0.2) is 4.79 Å². The van der Waals surface area contributed by atoms with Crippen LogP contribution in [-0.4, -0.2) is 22.0 Å². The van der Waals surface area contributed by atoms with Gasteiger partial charge in [-0.1, -0.05) is 56.3 Å². The van der Waals surface area contributed by atoms with Crippen LogP contribution < -0.4 is 21.9 Å². The van der Waals surface area contributed by atoms with Gasteiger partial charge in [0.25, 0.3) is 5.56 Å². The summed E-state index contributed by atoms with van der Waals surface area (Å²) in [7, 11) is 0. The number of rotatable bonds is 8. The zero-order valence-electron chi connectivity index (χ0n) is 17.6. The van der Waals surface area contributed by atoms with E-state index in [1.165, 1.54) is 9.47 Å². The maximum absolute atomic E-state index is 13.2. The van der Waals surface area contributed by atoms with Crippen molar-refractivity contribution in [2.45, 2.75) is 46.1 Å². The van der Waals surface area contributed by atoms with Crippen molar-refractivity contribution in [2.24, 2.45) is 11.8 Å². The molecule has 2 aromatic rings. The smallest absolute Gasteiger partial charge is 0.330 e. The summed E-state index contributed by atoms with van der Waals surface area (Å²) in [5.74, 6) is 0.401. The Morgan fingerprint density at radius 1 is 1.27 bits per heavy atom. The van der Waals surface area contributed by atoms with Crippen molar-refractivity contribution in [3.8, 4) is 0 Å². The van der Waals surface area contributed by atoms with Gasteiger partial charge < -0.3 is 10.6 Å². The summed E-state index contributed by atoms with van der Waals surface area (Å²) in [6.45, 7) is 4.72. The minimum absolute atomic E-state index is 0.0201. The predicted octanol–water partition coefficient (Wildman–Crippen LogP) is 2.90. The Hall–Kier alpha value is -3.09. The molecule has 0 radical (unpaired) electrons. The molecule has 7 heteroatoms. The Kier molecular flexibility index (Phi) is 6.92. The lowest BCUT2D eigenvalue weighted by Gasteiger charge is -2.26. The van der Waals surface area contributed by atoms with E-state index in [0.717, 1.165) is 24.8 Å². The second-order valence-electron chi connectivity index (χ2n) is 8.26. The monoisotopic (exact) mass is 410 g/mol. The number of nitrogens with two attached hydrogens (primary N) is 1. The summed E-state index contributed by atoms with van der Waals surface area (Å²) in [5, 5.41) is 0. The Morgan fingerprint density at radius 3 is 2.63 bits per heavy atom. The molecule has 1 aromatic carbocycles. The highest BCUT2D eigenvalue weighted by Gasteiger charge is 2.26. The second kappa shape index (κ2) is 9.61. The molecule has 0 bridgehead atoms. The molecule has 30 heavy (non-hydrogen) atoms. The fourth-order valence-electron chi connectivity index (χ4n) is 3.71. The highest BCUT2D eigenvalue weighted by Crippen LogP contribution is 2.25. The number of anilines is 2. The lowest BCUT2D eigenvalue weighted by molar-refractivity contribution is -0.119. The number of carbonyl (C=O) groups excluding carboxylic acids is 1. The number of allylic oxidation sites excluding steroid dienone is 2. The van der Waals surface area contributed by atoms with Crippen LogP contribution in [0, 0.1) is 11.8 Å². The van der Waals surface area contributed by atoms with E-state index in [1.807, 2.05) is 30.3 Å². The van der Waals surface area contributed by atoms with Crippen LogP contribution in [0.1, 0.15) is 45.1 Å². The number of aromatic nitrogens is 2. The maximum Gasteiger partial charge on any atom is 0.330 e. The largest absolute Gasteiger partial charge is 0.383 e. The molecule has 3 N–H and O–H groups in total. The fraction of sp³-hybridized carbons (Fsp3) is 0.435. The van der Waals surface area contributed by atoms with Crippen molar-refractivity contribution in [1.82, 2.24) is 9.55 Å². The molecule has 1 heterocycles. The Morgan fingerprint density at radius 2 is 2.00 bits per heavy atom. The van der Waals surface area contributed by atoms with Gasteiger partial charge in [-0.05, 0) is 36.7 Å². The SMILES string of the molecule is CC(C)CCN(C(=O)CC1C=CCC1)c1c(N)n(Cc2ccccc2)c(=O)[nH]c1=O. The van der Waals surface area contributed by atoms with Gasteiger partial charge in [0.2, 0.25) is 5.91 Å². The van der Waals surface area contributed by atoms with E-state index in [1.54, 1.807) is 0 Å². The van der Waals surface area contributed by atoms with Crippen LogP contribution in [0.15, 0.2) is 52.1 Å². The highest BCUT2D eigenvalue weighted by molar-refractivity contribution is 5.95. The molecule has 1 aliphatic carbocycles. The fourth-order valence-corrected chi connectivity index (χ4v) is 3.71. The third-order valence-corrected chi connectivity index (χ3v) is 5.45. The summed E-state index contributed by atoms with van der Waals surface area (Å²) in [5.41, 5.74) is 6.06. The predicted molar refractivity (Wildman–Crippen MR) is 120 cm³/mol. The summed E-state index contributed by atoms with van der Waals surface area (Å²) in [4.78, 5) is 42.2. The molecule has 7 nitrogen and oxygen atoms in total. The molecule has 160 valence electrons. The molecule has 1 unspecified atom stereocenters. The number of hydrogen-bond acceptors (Lipinski definition) is 4. The van der Waals surface area contributed by atoms with Crippen molar-refractivity contribution in [1.29, 1.82) is 0 Å². The van der Waals surface area contributed by atoms with E-state index >= 15 is 0 Å². The minimum atomic E-state index is -0.624. The Bertz CT molecular complexity index is 1020. The summed E-state index contributed by atoms with van der Waals surface area (Å²) >= 11 is 0. The summed E-state index contributed by atoms with van der Waals surface area (Å²) in [6, 6.07) is 9.39. The molecular formula is C23H30N4O3. The van der Waals surface area contributed by atoms with Gasteiger partial charge >= 0.3 is 5.69 Å². The van der Waals surface area contributed by atoms with Gasteiger partial charge in [0.1, 0.15) is 5.82 Å². The number of aromatic amines is 1. The molecule has 1 aromatic heterocycles. The minimum Gasteiger partial charge on any atom is -0.383 e. The van der Waals surface area contributed by atoms with Crippen molar-refractivity contribution in [3.63, 3.8) is 0 Å². The molecule has 0 saturated heterocycles. The van der Waals surface area contributed by atoms with Gasteiger partial charge in [-0.15, -0.1) is 0 Å². The summed E-state index contributed by atoms with van der Waals surface area (Å²) < 4.78 is 1.32. The normalized spacial score (nSPS) is 15.6. The number of carbonyl (C=O) groups is 1. The van der Waals surface area contributed by atoms with E-state index in [0.29, 0.717) is 18.9 Å². The van der Waals surface area contributed by atoms with Crippen LogP contribution in [0.25, 0.3) is 0 Å². The average Bonchev–Trinajstić information content (AvgIpc) is 3.21. The van der Waals surface area contributed by atoms with Crippen LogP contribution in [0.5, 0.6) is 0 Å². The van der Waals surface area contributed by atoms with Gasteiger partial charge in [0.05, 0.1) is 6.54 Å². The number of H-pyrrole nitrogens is 1. The van der Waals surface area contributed by atoms with E-state index in [4.69, 9.17) is 5.73 Å². The molecule has 0 fully saturated rings. The van der Waals surface area contributed by atoms with Crippen molar-refractivity contribution in [3.05, 3.63) is 68.9 Å². The molecule has 1 atom stereocenters. The number of benzene rings is 1. The second-order valence-corrected chi connectivity index (χ2v) is 8.26. The van der Waals surface area contributed by atoms with Crippen molar-refractivity contribution in [2.75, 3.05) is 17.2 Å². The number of hydrogen-bond donors (Lipinski definition) is 2. The third kappa shape index (κ3) is 5.09. The first kappa shape index (κ1) is 21.6. The van der Waals surface area contributed by atoms with E-state index in [2.05, 4.69) is 31.0 Å². The molecular weight excluding hydrogens is 380 g/mol. The van der Waals surface area contributed by atoms with Crippen LogP contribution in [0.3, 0.4) is 0 Å². The van der Waals surface area contributed by atoms with Gasteiger partial charge in [-0.3, -0.25) is 19.1 Å². The molecule has 1 amide bonds. The quantitative estimate of drug-likeness (QED) is 0.653. The number of nitrogens with zero attached hydrogens (tertiary/aromatic N) is 2. The molecule has 1 aliphatic rings. The Labute approximate surface area is 176 Å². The zero-order valence-corrected chi connectivity index (χ0v) is 17.6. The number of nitrogen functional groups attached to an aromatic ring is 1. The first-order chi connectivity index (χ1) is 14.4. The first-order valence-electron chi connectivity index (χ1n) is 10.5. The highest BCUT2D eigenvalue weighted by atomic mass is 16.2. The topological polar surface area (TPSA) is 101 Å². The Balaban J connectivity index is 1.99. The number of amides is 1. The van der Waals surface area contributed by atoms with Crippen molar-refractivity contribution < 1.29 is 4.79 Å². The molecule has 0 saturated carbocycles. The first-order valence-corrected chi connectivity index (χ1v) is 10.5. The lowest BCUT2D eigenvalue weighted by atomic mass is 10.0. The van der Waals surface area contributed by atoms with Gasteiger partial charge in [0.15, 0.2) is 5.69 Å². The lowest BCUT2D eigenvalue weighted by Crippen LogP contribution is -2.42. The van der Waals surface area contributed by atoms with Crippen LogP contribution in [0.4, 0.5) is 11.5 Å². The average molecular weight is 411 g/mol. The van der Waals surface area contributed by atoms with Crippen molar-refractivity contribution >= 4 is 17.4 Å². The number of nitrogens with one attached hydrogen (secondary N) is 1. The van der Waals surface area contributed by atoms with E-state index in [-0.39, 0.29) is 29.9 Å². The van der Waals surface area contributed by atoms with E-state index in [9.17, 15) is 14.4 Å². The van der Waals surface area contributed by atoms with E-state index < -0.39 is 11.2 Å².